The molecule has 1 N–H and O–H groups in total. The Labute approximate surface area is 98.9 Å². The van der Waals surface area contributed by atoms with E-state index < -0.39 is 0 Å². The first kappa shape index (κ1) is 11.1. The molecule has 0 radical (unpaired) electrons. The smallest absolute Gasteiger partial charge is 0.135 e. The summed E-state index contributed by atoms with van der Waals surface area (Å²) in [7, 11) is 0. The predicted molar refractivity (Wildman–Crippen MR) is 68.2 cm³/mol. The highest BCUT2D eigenvalue weighted by Gasteiger charge is 2.10. The standard InChI is InChI=1S/C12H14N2OS/c1-3-7-16-12-10(15-4-2)6-5-9-11(12)14-8-13-9/h3,5-6,8H,1,4,7H2,2H3,(H,13,14). The van der Waals surface area contributed by atoms with Crippen molar-refractivity contribution < 1.29 is 4.74 Å². The van der Waals surface area contributed by atoms with Gasteiger partial charge in [0, 0.05) is 5.75 Å². The van der Waals surface area contributed by atoms with Crippen molar-refractivity contribution in [3.8, 4) is 5.75 Å². The molecule has 0 aliphatic heterocycles. The monoisotopic (exact) mass is 234 g/mol. The first-order valence-electron chi connectivity index (χ1n) is 5.19. The van der Waals surface area contributed by atoms with Crippen LogP contribution in [0.15, 0.2) is 36.0 Å². The number of H-pyrrole nitrogens is 1. The second-order valence-electron chi connectivity index (χ2n) is 3.22. The number of nitrogens with zero attached hydrogens (tertiary/aromatic N) is 1. The van der Waals surface area contributed by atoms with Gasteiger partial charge in [0.25, 0.3) is 0 Å². The van der Waals surface area contributed by atoms with Gasteiger partial charge in [-0.1, -0.05) is 6.08 Å². The number of hydrogen-bond acceptors (Lipinski definition) is 3. The molecule has 0 saturated carbocycles. The van der Waals surface area contributed by atoms with Gasteiger partial charge < -0.3 is 9.72 Å². The van der Waals surface area contributed by atoms with E-state index in [1.165, 1.54) is 0 Å². The van der Waals surface area contributed by atoms with E-state index in [1.54, 1.807) is 18.1 Å². The van der Waals surface area contributed by atoms with Gasteiger partial charge in [-0.3, -0.25) is 0 Å². The number of nitrogens with one attached hydrogen (secondary N) is 1. The van der Waals surface area contributed by atoms with Crippen LogP contribution in [0, 0.1) is 0 Å². The maximum atomic E-state index is 5.60. The molecule has 1 aromatic carbocycles. The molecule has 0 saturated heterocycles. The Morgan fingerprint density at radius 2 is 2.44 bits per heavy atom. The van der Waals surface area contributed by atoms with Crippen LogP contribution in [0.4, 0.5) is 0 Å². The summed E-state index contributed by atoms with van der Waals surface area (Å²) >= 11 is 1.70. The Kier molecular flexibility index (Phi) is 3.51. The average Bonchev–Trinajstić information content (AvgIpc) is 2.76. The molecule has 84 valence electrons. The third kappa shape index (κ3) is 2.07. The van der Waals surface area contributed by atoms with Gasteiger partial charge in [-0.2, -0.15) is 0 Å². The van der Waals surface area contributed by atoms with Crippen LogP contribution >= 0.6 is 11.8 Å². The third-order valence-electron chi connectivity index (χ3n) is 2.15. The fourth-order valence-corrected chi connectivity index (χ4v) is 2.37. The molecule has 0 amide bonds. The van der Waals surface area contributed by atoms with Crippen molar-refractivity contribution in [2.75, 3.05) is 12.4 Å². The summed E-state index contributed by atoms with van der Waals surface area (Å²) in [6.07, 6.45) is 3.59. The predicted octanol–water partition coefficient (Wildman–Crippen LogP) is 3.24. The molecule has 2 aromatic rings. The minimum Gasteiger partial charge on any atom is -0.493 e. The van der Waals surface area contributed by atoms with Gasteiger partial charge in [0.05, 0.1) is 23.3 Å². The highest BCUT2D eigenvalue weighted by atomic mass is 32.2. The highest BCUT2D eigenvalue weighted by Crippen LogP contribution is 2.35. The summed E-state index contributed by atoms with van der Waals surface area (Å²) in [5.74, 6) is 1.75. The molecule has 16 heavy (non-hydrogen) atoms. The van der Waals surface area contributed by atoms with Crippen molar-refractivity contribution in [3.05, 3.63) is 31.1 Å². The Morgan fingerprint density at radius 1 is 1.56 bits per heavy atom. The molecule has 0 atom stereocenters. The number of aromatic amines is 1. The number of imidazole rings is 1. The Morgan fingerprint density at radius 3 is 3.19 bits per heavy atom. The molecule has 2 rings (SSSR count). The summed E-state index contributed by atoms with van der Waals surface area (Å²) in [6, 6.07) is 3.97. The summed E-state index contributed by atoms with van der Waals surface area (Å²) in [5, 5.41) is 0. The molecule has 0 spiro atoms. The Hall–Kier alpha value is -1.42. The van der Waals surface area contributed by atoms with Crippen molar-refractivity contribution in [1.82, 2.24) is 9.97 Å². The maximum absolute atomic E-state index is 5.60. The van der Waals surface area contributed by atoms with Gasteiger partial charge in [0.1, 0.15) is 11.3 Å². The lowest BCUT2D eigenvalue weighted by Crippen LogP contribution is -1.94. The fourth-order valence-electron chi connectivity index (χ4n) is 1.51. The number of fused-ring (bicyclic) bond motifs is 1. The number of aromatic nitrogens is 2. The summed E-state index contributed by atoms with van der Waals surface area (Å²) in [5.41, 5.74) is 2.01. The minimum atomic E-state index is 0.664. The van der Waals surface area contributed by atoms with Crippen LogP contribution in [0.1, 0.15) is 6.92 Å². The zero-order chi connectivity index (χ0) is 11.4. The molecule has 0 fully saturated rings. The molecule has 1 heterocycles. The number of thioether (sulfide) groups is 1. The second-order valence-corrected chi connectivity index (χ2v) is 4.25. The fraction of sp³-hybridized carbons (Fsp3) is 0.250. The van der Waals surface area contributed by atoms with Crippen LogP contribution in [0.25, 0.3) is 11.0 Å². The first-order valence-corrected chi connectivity index (χ1v) is 6.18. The number of rotatable bonds is 5. The molecule has 0 bridgehead atoms. The molecule has 4 heteroatoms. The molecule has 0 unspecified atom stereocenters. The van der Waals surface area contributed by atoms with Crippen LogP contribution in [0.2, 0.25) is 0 Å². The zero-order valence-corrected chi connectivity index (χ0v) is 10.0. The van der Waals surface area contributed by atoms with E-state index in [1.807, 2.05) is 25.1 Å². The van der Waals surface area contributed by atoms with E-state index >= 15 is 0 Å². The van der Waals surface area contributed by atoms with Crippen molar-refractivity contribution in [2.24, 2.45) is 0 Å². The molecular formula is C12H14N2OS. The van der Waals surface area contributed by atoms with Gasteiger partial charge in [-0.05, 0) is 19.1 Å². The molecule has 0 aliphatic rings. The van der Waals surface area contributed by atoms with Crippen LogP contribution in [0.5, 0.6) is 5.75 Å². The van der Waals surface area contributed by atoms with Crippen molar-refractivity contribution in [2.45, 2.75) is 11.8 Å². The topological polar surface area (TPSA) is 37.9 Å². The SMILES string of the molecule is C=CCSc1c(OCC)ccc2[nH]cnc12. The van der Waals surface area contributed by atoms with E-state index in [0.29, 0.717) is 6.61 Å². The molecule has 3 nitrogen and oxygen atoms in total. The molecule has 1 aromatic heterocycles. The van der Waals surface area contributed by atoms with Crippen LogP contribution in [0.3, 0.4) is 0 Å². The molecule has 0 aliphatic carbocycles. The van der Waals surface area contributed by atoms with Crippen LogP contribution in [-0.2, 0) is 0 Å². The van der Waals surface area contributed by atoms with E-state index in [9.17, 15) is 0 Å². The lowest BCUT2D eigenvalue weighted by molar-refractivity contribution is 0.333. The van der Waals surface area contributed by atoms with E-state index in [2.05, 4.69) is 16.5 Å². The number of ether oxygens (including phenoxy) is 1. The quantitative estimate of drug-likeness (QED) is 0.637. The largest absolute Gasteiger partial charge is 0.493 e. The van der Waals surface area contributed by atoms with Crippen molar-refractivity contribution in [3.63, 3.8) is 0 Å². The van der Waals surface area contributed by atoms with Gasteiger partial charge >= 0.3 is 0 Å². The van der Waals surface area contributed by atoms with Crippen molar-refractivity contribution in [1.29, 1.82) is 0 Å². The lowest BCUT2D eigenvalue weighted by atomic mass is 10.3. The average molecular weight is 234 g/mol. The van der Waals surface area contributed by atoms with Gasteiger partial charge in [-0.25, -0.2) is 4.98 Å². The molecular weight excluding hydrogens is 220 g/mol. The Balaban J connectivity index is 2.46. The zero-order valence-electron chi connectivity index (χ0n) is 9.19. The van der Waals surface area contributed by atoms with Gasteiger partial charge in [-0.15, -0.1) is 18.3 Å². The van der Waals surface area contributed by atoms with E-state index in [0.717, 1.165) is 27.4 Å². The minimum absolute atomic E-state index is 0.664. The highest BCUT2D eigenvalue weighted by molar-refractivity contribution is 7.99. The summed E-state index contributed by atoms with van der Waals surface area (Å²) in [6.45, 7) is 6.38. The number of benzene rings is 1. The van der Waals surface area contributed by atoms with Crippen molar-refractivity contribution >= 4 is 22.8 Å². The number of hydrogen-bond donors (Lipinski definition) is 1. The lowest BCUT2D eigenvalue weighted by Gasteiger charge is -2.09. The first-order chi connectivity index (χ1) is 7.86. The van der Waals surface area contributed by atoms with Crippen LogP contribution in [-0.4, -0.2) is 22.3 Å². The van der Waals surface area contributed by atoms with E-state index in [4.69, 9.17) is 4.74 Å². The third-order valence-corrected chi connectivity index (χ3v) is 3.24. The van der Waals surface area contributed by atoms with Crippen LogP contribution < -0.4 is 4.74 Å². The Bertz CT molecular complexity index is 493. The van der Waals surface area contributed by atoms with E-state index in [-0.39, 0.29) is 0 Å². The van der Waals surface area contributed by atoms with Gasteiger partial charge in [0.2, 0.25) is 0 Å². The second kappa shape index (κ2) is 5.07. The summed E-state index contributed by atoms with van der Waals surface area (Å²) < 4.78 is 5.60. The van der Waals surface area contributed by atoms with Gasteiger partial charge in [0.15, 0.2) is 0 Å². The normalized spacial score (nSPS) is 10.6. The maximum Gasteiger partial charge on any atom is 0.135 e. The summed E-state index contributed by atoms with van der Waals surface area (Å²) in [4.78, 5) is 8.51.